The zero-order valence-corrected chi connectivity index (χ0v) is 37.1. The van der Waals surface area contributed by atoms with Crippen molar-refractivity contribution in [1.29, 1.82) is 0 Å². The van der Waals surface area contributed by atoms with Gasteiger partial charge in [-0.15, -0.1) is 0 Å². The Balaban J connectivity index is 4.35. The first kappa shape index (κ1) is 53.3. The van der Waals surface area contributed by atoms with E-state index in [-0.39, 0.29) is 24.4 Å². The van der Waals surface area contributed by atoms with E-state index in [1.54, 1.807) is 0 Å². The molecule has 0 aromatic heterocycles. The van der Waals surface area contributed by atoms with Gasteiger partial charge in [-0.1, -0.05) is 182 Å². The Labute approximate surface area is 338 Å². The quantitative estimate of drug-likeness (QED) is 0.0365. The molecule has 0 heterocycles. The zero-order chi connectivity index (χ0) is 39.6. The van der Waals surface area contributed by atoms with Crippen molar-refractivity contribution in [3.63, 3.8) is 0 Å². The SMILES string of the molecule is CCCCCCCCC(CCCCCC)C(O)OCCCCCCN(CCCCO)CCCCCCOC(=O)[C@@H](CCCCCC)CCCCCCCC. The van der Waals surface area contributed by atoms with Gasteiger partial charge in [0.2, 0.25) is 0 Å². The van der Waals surface area contributed by atoms with E-state index in [1.807, 2.05) is 0 Å². The van der Waals surface area contributed by atoms with Crippen LogP contribution in [0.25, 0.3) is 0 Å². The lowest BCUT2D eigenvalue weighted by Gasteiger charge is -2.24. The van der Waals surface area contributed by atoms with E-state index < -0.39 is 6.29 Å². The van der Waals surface area contributed by atoms with Gasteiger partial charge in [0.05, 0.1) is 12.5 Å². The monoisotopic (exact) mass is 768 g/mol. The van der Waals surface area contributed by atoms with E-state index in [1.165, 1.54) is 141 Å². The number of carbonyl (C=O) groups is 1. The largest absolute Gasteiger partial charge is 0.465 e. The number of rotatable bonds is 45. The van der Waals surface area contributed by atoms with Crippen LogP contribution in [-0.4, -0.2) is 66.8 Å². The van der Waals surface area contributed by atoms with Crippen LogP contribution in [-0.2, 0) is 14.3 Å². The van der Waals surface area contributed by atoms with Crippen LogP contribution in [0.1, 0.15) is 246 Å². The minimum atomic E-state index is -0.608. The van der Waals surface area contributed by atoms with Crippen LogP contribution in [0.5, 0.6) is 0 Å². The van der Waals surface area contributed by atoms with Crippen molar-refractivity contribution in [2.75, 3.05) is 39.5 Å². The van der Waals surface area contributed by atoms with Gasteiger partial charge in [-0.25, -0.2) is 0 Å². The fraction of sp³-hybridized carbons (Fsp3) is 0.979. The van der Waals surface area contributed by atoms with Crippen LogP contribution in [0.4, 0.5) is 0 Å². The van der Waals surface area contributed by atoms with Crippen molar-refractivity contribution in [2.45, 2.75) is 252 Å². The second-order valence-corrected chi connectivity index (χ2v) is 16.8. The first-order chi connectivity index (χ1) is 26.5. The van der Waals surface area contributed by atoms with Crippen LogP contribution in [0, 0.1) is 11.8 Å². The van der Waals surface area contributed by atoms with Crippen LogP contribution in [0.15, 0.2) is 0 Å². The van der Waals surface area contributed by atoms with Gasteiger partial charge in [-0.05, 0) is 83.8 Å². The van der Waals surface area contributed by atoms with Crippen LogP contribution < -0.4 is 0 Å². The van der Waals surface area contributed by atoms with Gasteiger partial charge in [0.25, 0.3) is 0 Å². The summed E-state index contributed by atoms with van der Waals surface area (Å²) in [5, 5.41) is 20.2. The van der Waals surface area contributed by atoms with Crippen molar-refractivity contribution in [3.8, 4) is 0 Å². The van der Waals surface area contributed by atoms with Crippen LogP contribution in [0.2, 0.25) is 0 Å². The molecule has 0 bridgehead atoms. The number of aliphatic hydroxyl groups excluding tert-OH is 2. The standard InChI is InChI=1S/C48H97NO5/c1-5-9-13-17-19-27-37-45(35-25-15-11-7-3)47(51)53-43-33-23-21-29-39-49(41-31-32-42-50)40-30-22-24-34-44-54-48(52)46(36-26-16-12-8-4)38-28-20-18-14-10-6-2/h45-47,50-51H,5-44H2,1-4H3/t45?,46-,47?/m0/s1. The number of carbonyl (C=O) groups excluding carboxylic acids is 1. The summed E-state index contributed by atoms with van der Waals surface area (Å²) in [5.74, 6) is 0.438. The molecule has 2 N–H and O–H groups in total. The van der Waals surface area contributed by atoms with Gasteiger partial charge < -0.3 is 24.6 Å². The van der Waals surface area contributed by atoms with Gasteiger partial charge in [-0.2, -0.15) is 0 Å². The van der Waals surface area contributed by atoms with E-state index in [2.05, 4.69) is 32.6 Å². The molecule has 0 saturated heterocycles. The van der Waals surface area contributed by atoms with Crippen molar-refractivity contribution < 1.29 is 24.5 Å². The van der Waals surface area contributed by atoms with Gasteiger partial charge in [0.1, 0.15) is 0 Å². The summed E-state index contributed by atoms with van der Waals surface area (Å²) in [7, 11) is 0. The molecule has 6 nitrogen and oxygen atoms in total. The Morgan fingerprint density at radius 2 is 0.833 bits per heavy atom. The van der Waals surface area contributed by atoms with E-state index in [0.29, 0.717) is 13.2 Å². The summed E-state index contributed by atoms with van der Waals surface area (Å²) < 4.78 is 11.8. The molecular formula is C48H97NO5. The third kappa shape index (κ3) is 35.7. The molecule has 6 heteroatoms. The second kappa shape index (κ2) is 43.4. The molecule has 0 aliphatic carbocycles. The lowest BCUT2D eigenvalue weighted by atomic mass is 9.93. The molecule has 0 saturated carbocycles. The van der Waals surface area contributed by atoms with Crippen molar-refractivity contribution >= 4 is 5.97 Å². The predicted octanol–water partition coefficient (Wildman–Crippen LogP) is 13.7. The third-order valence-electron chi connectivity index (χ3n) is 11.6. The maximum atomic E-state index is 13.0. The highest BCUT2D eigenvalue weighted by Crippen LogP contribution is 2.24. The highest BCUT2D eigenvalue weighted by molar-refractivity contribution is 5.72. The molecule has 0 aliphatic heterocycles. The average Bonchev–Trinajstić information content (AvgIpc) is 3.17. The lowest BCUT2D eigenvalue weighted by Crippen LogP contribution is -2.27. The van der Waals surface area contributed by atoms with Crippen molar-refractivity contribution in [2.24, 2.45) is 11.8 Å². The second-order valence-electron chi connectivity index (χ2n) is 16.8. The molecule has 0 fully saturated rings. The number of nitrogens with zero attached hydrogens (tertiary/aromatic N) is 1. The summed E-state index contributed by atoms with van der Waals surface area (Å²) in [6.45, 7) is 13.8. The molecule has 2 unspecified atom stereocenters. The number of ether oxygens (including phenoxy) is 2. The van der Waals surface area contributed by atoms with E-state index in [0.717, 1.165) is 96.7 Å². The molecule has 0 rings (SSSR count). The van der Waals surface area contributed by atoms with Crippen molar-refractivity contribution in [3.05, 3.63) is 0 Å². The van der Waals surface area contributed by atoms with E-state index in [9.17, 15) is 15.0 Å². The molecule has 0 aromatic carbocycles. The normalized spacial score (nSPS) is 13.5. The molecule has 54 heavy (non-hydrogen) atoms. The fourth-order valence-electron chi connectivity index (χ4n) is 7.81. The first-order valence-electron chi connectivity index (χ1n) is 24.3. The molecular weight excluding hydrogens is 671 g/mol. The number of hydrogen-bond acceptors (Lipinski definition) is 6. The molecule has 324 valence electrons. The fourth-order valence-corrected chi connectivity index (χ4v) is 7.81. The van der Waals surface area contributed by atoms with Gasteiger partial charge in [0.15, 0.2) is 6.29 Å². The summed E-state index contributed by atoms with van der Waals surface area (Å²) >= 11 is 0. The topological polar surface area (TPSA) is 79.2 Å². The first-order valence-corrected chi connectivity index (χ1v) is 24.3. The van der Waals surface area contributed by atoms with Crippen LogP contribution >= 0.6 is 0 Å². The number of esters is 1. The van der Waals surface area contributed by atoms with Crippen molar-refractivity contribution in [1.82, 2.24) is 4.90 Å². The van der Waals surface area contributed by atoms with E-state index in [4.69, 9.17) is 9.47 Å². The maximum Gasteiger partial charge on any atom is 0.308 e. The third-order valence-corrected chi connectivity index (χ3v) is 11.6. The number of aliphatic hydroxyl groups is 2. The average molecular weight is 768 g/mol. The van der Waals surface area contributed by atoms with Gasteiger partial charge in [0, 0.05) is 19.1 Å². The summed E-state index contributed by atoms with van der Waals surface area (Å²) in [5.41, 5.74) is 0. The highest BCUT2D eigenvalue weighted by Gasteiger charge is 2.20. The Bertz CT molecular complexity index is 736. The smallest absolute Gasteiger partial charge is 0.308 e. The summed E-state index contributed by atoms with van der Waals surface area (Å²) in [4.78, 5) is 15.6. The van der Waals surface area contributed by atoms with Gasteiger partial charge >= 0.3 is 5.97 Å². The maximum absolute atomic E-state index is 13.0. The molecule has 0 amide bonds. The Kier molecular flexibility index (Phi) is 42.9. The molecule has 0 radical (unpaired) electrons. The summed E-state index contributed by atoms with van der Waals surface area (Å²) in [6, 6.07) is 0. The van der Waals surface area contributed by atoms with Gasteiger partial charge in [-0.3, -0.25) is 4.79 Å². The molecule has 0 aliphatic rings. The molecule has 0 aromatic rings. The van der Waals surface area contributed by atoms with E-state index >= 15 is 0 Å². The minimum Gasteiger partial charge on any atom is -0.465 e. The minimum absolute atomic E-state index is 0.0587. The number of unbranched alkanes of at least 4 members (excludes halogenated alkanes) is 23. The molecule has 3 atom stereocenters. The molecule has 0 spiro atoms. The lowest BCUT2D eigenvalue weighted by molar-refractivity contribution is -0.149. The highest BCUT2D eigenvalue weighted by atomic mass is 16.6. The number of hydrogen-bond donors (Lipinski definition) is 2. The Morgan fingerprint density at radius 3 is 1.31 bits per heavy atom. The predicted molar refractivity (Wildman–Crippen MR) is 233 cm³/mol. The van der Waals surface area contributed by atoms with Crippen LogP contribution in [0.3, 0.4) is 0 Å². The Hall–Kier alpha value is -0.690. The Morgan fingerprint density at radius 1 is 0.463 bits per heavy atom. The summed E-state index contributed by atoms with van der Waals surface area (Å²) in [6.07, 6.45) is 39.8. The zero-order valence-electron chi connectivity index (χ0n) is 37.1.